The minimum absolute atomic E-state index is 0.0378. The molecule has 0 spiro atoms. The summed E-state index contributed by atoms with van der Waals surface area (Å²) < 4.78 is 0. The molecule has 3 aliphatic carbocycles. The Balaban J connectivity index is 1.71. The highest BCUT2D eigenvalue weighted by Crippen LogP contribution is 2.57. The Kier molecular flexibility index (Phi) is 7.80. The molecule has 3 aliphatic rings. The SMILES string of the molecule is C[Si](C)(C)[C]1[CH][CH][CH][C]1CP(C[C]1[CH][CH][CH][C]1[Si](C)(C)C)C1CCCCC1. The van der Waals surface area contributed by atoms with Crippen LogP contribution >= 0.6 is 7.92 Å². The van der Waals surface area contributed by atoms with E-state index in [0.717, 1.165) is 5.66 Å². The quantitative estimate of drug-likeness (QED) is 0.308. The van der Waals surface area contributed by atoms with Crippen LogP contribution in [0.1, 0.15) is 32.1 Å². The van der Waals surface area contributed by atoms with Gasteiger partial charge in [0, 0.05) is 0 Å². The van der Waals surface area contributed by atoms with Crippen LogP contribution in [0.5, 0.6) is 0 Å². The molecule has 0 bridgehead atoms. The van der Waals surface area contributed by atoms with E-state index in [1.165, 1.54) is 44.4 Å². The van der Waals surface area contributed by atoms with E-state index in [0.29, 0.717) is 0 Å². The largest absolute Gasteiger partial charge is 0.102 e. The van der Waals surface area contributed by atoms with Gasteiger partial charge in [-0.25, -0.2) is 0 Å². The van der Waals surface area contributed by atoms with Crippen LogP contribution in [-0.2, 0) is 0 Å². The van der Waals surface area contributed by atoms with Crippen LogP contribution in [0.2, 0.25) is 39.3 Å². The summed E-state index contributed by atoms with van der Waals surface area (Å²) in [5.41, 5.74) is 4.43. The van der Waals surface area contributed by atoms with Crippen molar-refractivity contribution in [3.63, 3.8) is 0 Å². The molecule has 148 valence electrons. The van der Waals surface area contributed by atoms with Crippen LogP contribution < -0.4 is 0 Å². The van der Waals surface area contributed by atoms with Gasteiger partial charge < -0.3 is 0 Å². The Morgan fingerprint density at radius 2 is 1.15 bits per heavy atom. The van der Waals surface area contributed by atoms with Crippen molar-refractivity contribution in [1.82, 2.24) is 0 Å². The topological polar surface area (TPSA) is 0 Å². The van der Waals surface area contributed by atoms with Gasteiger partial charge in [0.15, 0.2) is 0 Å². The second-order valence-corrected chi connectivity index (χ2v) is 23.2. The molecule has 0 amide bonds. The van der Waals surface area contributed by atoms with Gasteiger partial charge in [0.05, 0.1) is 16.1 Å². The van der Waals surface area contributed by atoms with Crippen LogP contribution in [-0.4, -0.2) is 34.1 Å². The van der Waals surface area contributed by atoms with Crippen LogP contribution in [0, 0.1) is 61.4 Å². The lowest BCUT2D eigenvalue weighted by atomic mass is 10.0. The minimum Gasteiger partial charge on any atom is -0.102 e. The average Bonchev–Trinajstić information content (AvgIpc) is 3.23. The fourth-order valence-corrected chi connectivity index (χ4v) is 11.8. The van der Waals surface area contributed by atoms with Crippen molar-refractivity contribution in [2.75, 3.05) is 12.3 Å². The van der Waals surface area contributed by atoms with E-state index >= 15 is 0 Å². The molecule has 3 fully saturated rings. The molecule has 0 unspecified atom stereocenters. The van der Waals surface area contributed by atoms with Crippen molar-refractivity contribution in [1.29, 1.82) is 0 Å². The Hall–Kier alpha value is 0.864. The Morgan fingerprint density at radius 3 is 1.56 bits per heavy atom. The monoisotopic (exact) mass is 414 g/mol. The van der Waals surface area contributed by atoms with Gasteiger partial charge in [-0.15, -0.1) is 7.92 Å². The third-order valence-corrected chi connectivity index (χ3v) is 13.5. The zero-order chi connectivity index (χ0) is 19.7. The van der Waals surface area contributed by atoms with Gasteiger partial charge in [-0.2, -0.15) is 0 Å². The van der Waals surface area contributed by atoms with E-state index in [9.17, 15) is 0 Å². The predicted molar refractivity (Wildman–Crippen MR) is 129 cm³/mol. The zero-order valence-corrected chi connectivity index (χ0v) is 21.3. The van der Waals surface area contributed by atoms with Crippen molar-refractivity contribution >= 4 is 24.1 Å². The molecule has 0 aromatic rings. The molecule has 0 saturated heterocycles. The summed E-state index contributed by atoms with van der Waals surface area (Å²) in [7, 11) is -2.45. The molecule has 10 radical (unpaired) electrons. The fraction of sp³-hybridized carbons (Fsp3) is 0.583. The molecular formula is C24H39PSi2. The number of hydrogen-bond acceptors (Lipinski definition) is 0. The van der Waals surface area contributed by atoms with Crippen molar-refractivity contribution in [3.8, 4) is 0 Å². The summed E-state index contributed by atoms with van der Waals surface area (Å²) in [6, 6.07) is 0. The van der Waals surface area contributed by atoms with Crippen molar-refractivity contribution in [2.24, 2.45) is 0 Å². The van der Waals surface area contributed by atoms with Crippen molar-refractivity contribution < 1.29 is 0 Å². The van der Waals surface area contributed by atoms with E-state index in [1.807, 2.05) is 0 Å². The van der Waals surface area contributed by atoms with Gasteiger partial charge >= 0.3 is 0 Å². The first-order valence-corrected chi connectivity index (χ1v) is 19.7. The molecular weight excluding hydrogens is 375 g/mol. The van der Waals surface area contributed by atoms with Gasteiger partial charge in [0.1, 0.15) is 0 Å². The second kappa shape index (κ2) is 9.34. The van der Waals surface area contributed by atoms with E-state index in [2.05, 4.69) is 77.8 Å². The molecule has 0 aromatic carbocycles. The summed E-state index contributed by atoms with van der Waals surface area (Å²) in [4.78, 5) is 0. The molecule has 0 aliphatic heterocycles. The van der Waals surface area contributed by atoms with E-state index in [4.69, 9.17) is 0 Å². The van der Waals surface area contributed by atoms with Gasteiger partial charge in [-0.05, 0) is 92.3 Å². The van der Waals surface area contributed by atoms with E-state index in [1.54, 1.807) is 22.9 Å². The fourth-order valence-electron chi connectivity index (χ4n) is 4.85. The molecule has 0 N–H and O–H groups in total. The van der Waals surface area contributed by atoms with Crippen LogP contribution in [0.4, 0.5) is 0 Å². The molecule has 3 saturated carbocycles. The highest BCUT2D eigenvalue weighted by atomic mass is 31.1. The summed E-state index contributed by atoms with van der Waals surface area (Å²) >= 11 is 0. The first-order valence-electron chi connectivity index (χ1n) is 10.9. The maximum atomic E-state index is 2.51. The highest BCUT2D eigenvalue weighted by Gasteiger charge is 2.43. The second-order valence-electron chi connectivity index (χ2n) is 10.6. The summed E-state index contributed by atoms with van der Waals surface area (Å²) in [6.45, 7) is 15.1. The predicted octanol–water partition coefficient (Wildman–Crippen LogP) is 7.11. The highest BCUT2D eigenvalue weighted by molar-refractivity contribution is 7.58. The normalized spacial score (nSPS) is 25.9. The molecule has 0 nitrogen and oxygen atoms in total. The summed E-state index contributed by atoms with van der Waals surface area (Å²) in [6.07, 6.45) is 24.5. The van der Waals surface area contributed by atoms with E-state index < -0.39 is 16.1 Å². The molecule has 0 atom stereocenters. The van der Waals surface area contributed by atoms with Crippen molar-refractivity contribution in [2.45, 2.75) is 77.0 Å². The first-order chi connectivity index (χ1) is 12.7. The van der Waals surface area contributed by atoms with Crippen LogP contribution in [0.25, 0.3) is 0 Å². The van der Waals surface area contributed by atoms with Gasteiger partial charge in [-0.3, -0.25) is 0 Å². The molecule has 3 heteroatoms. The van der Waals surface area contributed by atoms with Gasteiger partial charge in [0.25, 0.3) is 0 Å². The molecule has 0 heterocycles. The lowest BCUT2D eigenvalue weighted by Gasteiger charge is -2.39. The van der Waals surface area contributed by atoms with Gasteiger partial charge in [0.2, 0.25) is 0 Å². The lowest BCUT2D eigenvalue weighted by Crippen LogP contribution is -2.36. The maximum Gasteiger partial charge on any atom is 0.0520 e. The lowest BCUT2D eigenvalue weighted by molar-refractivity contribution is 0.510. The minimum atomic E-state index is -1.24. The van der Waals surface area contributed by atoms with E-state index in [-0.39, 0.29) is 7.92 Å². The molecule has 0 aromatic heterocycles. The number of rotatable bonds is 7. The molecule has 27 heavy (non-hydrogen) atoms. The van der Waals surface area contributed by atoms with Crippen molar-refractivity contribution in [3.05, 3.63) is 61.4 Å². The number of hydrogen-bond donors (Lipinski definition) is 0. The van der Waals surface area contributed by atoms with Gasteiger partial charge in [-0.1, -0.05) is 58.5 Å². The maximum absolute atomic E-state index is 2.51. The van der Waals surface area contributed by atoms with Crippen LogP contribution in [0.3, 0.4) is 0 Å². The average molecular weight is 415 g/mol. The first kappa shape index (κ1) is 22.5. The third kappa shape index (κ3) is 5.94. The Labute approximate surface area is 174 Å². The van der Waals surface area contributed by atoms with Crippen LogP contribution in [0.15, 0.2) is 0 Å². The standard InChI is InChI=1S/C24H39PSi2/c1-26(2,3)23-16-10-12-20(23)18-25(22-14-8-7-9-15-22)19-21-13-11-17-24(21)27(4,5)6/h10-13,16-17,22H,7-9,14-15,18-19H2,1-6H3. The third-order valence-electron chi connectivity index (χ3n) is 6.27. The Morgan fingerprint density at radius 1 is 0.704 bits per heavy atom. The summed E-state index contributed by atoms with van der Waals surface area (Å²) in [5, 5.41) is 0. The zero-order valence-electron chi connectivity index (χ0n) is 18.4. The smallest absolute Gasteiger partial charge is 0.0520 e. The Bertz CT molecular complexity index is 424. The summed E-state index contributed by atoms with van der Waals surface area (Å²) in [5.74, 6) is 3.40. The molecule has 3 rings (SSSR count).